The van der Waals surface area contributed by atoms with E-state index in [1.54, 1.807) is 11.9 Å². The summed E-state index contributed by atoms with van der Waals surface area (Å²) >= 11 is 3.40. The average Bonchev–Trinajstić information content (AvgIpc) is 3.08. The zero-order chi connectivity index (χ0) is 11.8. The van der Waals surface area contributed by atoms with Crippen LogP contribution < -0.4 is 10.6 Å². The summed E-state index contributed by atoms with van der Waals surface area (Å²) in [7, 11) is 1.81. The monoisotopic (exact) mass is 282 g/mol. The summed E-state index contributed by atoms with van der Waals surface area (Å²) < 4.78 is 0.974. The predicted molar refractivity (Wildman–Crippen MR) is 68.3 cm³/mol. The highest BCUT2D eigenvalue weighted by Crippen LogP contribution is 2.46. The van der Waals surface area contributed by atoms with Crippen molar-refractivity contribution in [1.29, 1.82) is 0 Å². The molecule has 1 aromatic carbocycles. The second-order valence-corrected chi connectivity index (χ2v) is 5.24. The molecule has 3 nitrogen and oxygen atoms in total. The minimum atomic E-state index is -0.281. The molecule has 0 spiro atoms. The standard InChI is InChI=1S/C12H15BrN2O/c1-15(10-4-2-3-9(13)7-10)11(16)12(8-14)5-6-12/h2-4,7H,5-6,8,14H2,1H3. The van der Waals surface area contributed by atoms with Crippen LogP contribution in [0.4, 0.5) is 5.69 Å². The number of hydrogen-bond acceptors (Lipinski definition) is 2. The van der Waals surface area contributed by atoms with Crippen LogP contribution in [0.25, 0.3) is 0 Å². The first-order chi connectivity index (χ1) is 7.59. The van der Waals surface area contributed by atoms with Crippen LogP contribution in [0.15, 0.2) is 28.7 Å². The Kier molecular flexibility index (Phi) is 3.04. The maximum atomic E-state index is 12.2. The van der Waals surface area contributed by atoms with Crippen molar-refractivity contribution in [2.24, 2.45) is 11.1 Å². The number of rotatable bonds is 3. The van der Waals surface area contributed by atoms with Crippen LogP contribution in [-0.4, -0.2) is 19.5 Å². The van der Waals surface area contributed by atoms with Crippen molar-refractivity contribution in [3.8, 4) is 0 Å². The molecule has 0 aliphatic heterocycles. The highest BCUT2D eigenvalue weighted by molar-refractivity contribution is 9.10. The number of carbonyl (C=O) groups is 1. The van der Waals surface area contributed by atoms with Crippen molar-refractivity contribution in [2.75, 3.05) is 18.5 Å². The highest BCUT2D eigenvalue weighted by Gasteiger charge is 2.50. The van der Waals surface area contributed by atoms with Crippen molar-refractivity contribution in [3.05, 3.63) is 28.7 Å². The van der Waals surface area contributed by atoms with Crippen LogP contribution >= 0.6 is 15.9 Å². The van der Waals surface area contributed by atoms with Crippen LogP contribution in [0, 0.1) is 5.41 Å². The van der Waals surface area contributed by atoms with Crippen LogP contribution in [0.5, 0.6) is 0 Å². The summed E-state index contributed by atoms with van der Waals surface area (Å²) in [5.41, 5.74) is 6.28. The molecule has 4 heteroatoms. The van der Waals surface area contributed by atoms with Gasteiger partial charge in [0.1, 0.15) is 0 Å². The molecule has 0 heterocycles. The summed E-state index contributed by atoms with van der Waals surface area (Å²) in [6.07, 6.45) is 1.83. The van der Waals surface area contributed by atoms with Gasteiger partial charge in [0.2, 0.25) is 5.91 Å². The third kappa shape index (κ3) is 1.99. The van der Waals surface area contributed by atoms with Gasteiger partial charge in [-0.05, 0) is 31.0 Å². The molecule has 1 amide bonds. The van der Waals surface area contributed by atoms with Crippen LogP contribution in [0.1, 0.15) is 12.8 Å². The van der Waals surface area contributed by atoms with E-state index in [1.807, 2.05) is 24.3 Å². The van der Waals surface area contributed by atoms with Gasteiger partial charge in [-0.15, -0.1) is 0 Å². The van der Waals surface area contributed by atoms with Gasteiger partial charge < -0.3 is 10.6 Å². The average molecular weight is 283 g/mol. The number of carbonyl (C=O) groups excluding carboxylic acids is 1. The fourth-order valence-electron chi connectivity index (χ4n) is 1.81. The molecule has 1 saturated carbocycles. The molecular formula is C12H15BrN2O. The SMILES string of the molecule is CN(C(=O)C1(CN)CC1)c1cccc(Br)c1. The zero-order valence-corrected chi connectivity index (χ0v) is 10.8. The molecule has 0 bridgehead atoms. The Hall–Kier alpha value is -0.870. The minimum Gasteiger partial charge on any atom is -0.329 e. The molecule has 0 saturated heterocycles. The van der Waals surface area contributed by atoms with E-state index in [4.69, 9.17) is 5.73 Å². The Bertz CT molecular complexity index is 415. The summed E-state index contributed by atoms with van der Waals surface area (Å²) in [6.45, 7) is 0.449. The molecule has 2 N–H and O–H groups in total. The predicted octanol–water partition coefficient (Wildman–Crippen LogP) is 2.15. The third-order valence-corrected chi connectivity index (χ3v) is 3.69. The van der Waals surface area contributed by atoms with Gasteiger partial charge in [-0.3, -0.25) is 4.79 Å². The van der Waals surface area contributed by atoms with E-state index in [2.05, 4.69) is 15.9 Å². The second-order valence-electron chi connectivity index (χ2n) is 4.33. The Labute approximate surface area is 104 Å². The lowest BCUT2D eigenvalue weighted by molar-refractivity contribution is -0.123. The number of nitrogens with two attached hydrogens (primary N) is 1. The van der Waals surface area contributed by atoms with E-state index in [-0.39, 0.29) is 11.3 Å². The van der Waals surface area contributed by atoms with Crippen molar-refractivity contribution in [1.82, 2.24) is 0 Å². The molecular weight excluding hydrogens is 268 g/mol. The smallest absolute Gasteiger partial charge is 0.234 e. The highest BCUT2D eigenvalue weighted by atomic mass is 79.9. The molecule has 0 atom stereocenters. The van der Waals surface area contributed by atoms with Crippen molar-refractivity contribution in [2.45, 2.75) is 12.8 Å². The number of benzene rings is 1. The van der Waals surface area contributed by atoms with E-state index < -0.39 is 0 Å². The number of nitrogens with zero attached hydrogens (tertiary/aromatic N) is 1. The van der Waals surface area contributed by atoms with Gasteiger partial charge in [0.15, 0.2) is 0 Å². The maximum Gasteiger partial charge on any atom is 0.234 e. The normalized spacial score (nSPS) is 16.9. The number of anilines is 1. The molecule has 1 aliphatic carbocycles. The summed E-state index contributed by atoms with van der Waals surface area (Å²) in [5, 5.41) is 0. The molecule has 1 fully saturated rings. The first kappa shape index (κ1) is 11.6. The van der Waals surface area contributed by atoms with Crippen LogP contribution in [0.3, 0.4) is 0 Å². The lowest BCUT2D eigenvalue weighted by Crippen LogP contribution is -2.38. The quantitative estimate of drug-likeness (QED) is 0.924. The molecule has 16 heavy (non-hydrogen) atoms. The molecule has 1 aromatic rings. The third-order valence-electron chi connectivity index (χ3n) is 3.20. The van der Waals surface area contributed by atoms with Crippen molar-refractivity contribution in [3.63, 3.8) is 0 Å². The largest absolute Gasteiger partial charge is 0.329 e. The van der Waals surface area contributed by atoms with Gasteiger partial charge in [0.05, 0.1) is 5.41 Å². The van der Waals surface area contributed by atoms with E-state index in [0.29, 0.717) is 6.54 Å². The van der Waals surface area contributed by atoms with Gasteiger partial charge in [-0.25, -0.2) is 0 Å². The van der Waals surface area contributed by atoms with Gasteiger partial charge in [-0.1, -0.05) is 22.0 Å². The Morgan fingerprint density at radius 1 is 1.56 bits per heavy atom. The lowest BCUT2D eigenvalue weighted by atomic mass is 10.1. The summed E-state index contributed by atoms with van der Waals surface area (Å²) in [5.74, 6) is 0.133. The second kappa shape index (κ2) is 4.18. The zero-order valence-electron chi connectivity index (χ0n) is 9.24. The van der Waals surface area contributed by atoms with Crippen LogP contribution in [-0.2, 0) is 4.79 Å². The van der Waals surface area contributed by atoms with Crippen molar-refractivity contribution < 1.29 is 4.79 Å². The molecule has 1 aliphatic rings. The van der Waals surface area contributed by atoms with Crippen LogP contribution in [0.2, 0.25) is 0 Å². The van der Waals surface area contributed by atoms with E-state index in [0.717, 1.165) is 23.0 Å². The first-order valence-electron chi connectivity index (χ1n) is 5.33. The van der Waals surface area contributed by atoms with E-state index in [1.165, 1.54) is 0 Å². The fraction of sp³-hybridized carbons (Fsp3) is 0.417. The number of hydrogen-bond donors (Lipinski definition) is 1. The van der Waals surface area contributed by atoms with Gasteiger partial charge >= 0.3 is 0 Å². The van der Waals surface area contributed by atoms with Gasteiger partial charge in [0, 0.05) is 23.8 Å². The fourth-order valence-corrected chi connectivity index (χ4v) is 2.20. The summed E-state index contributed by atoms with van der Waals surface area (Å²) in [6, 6.07) is 7.72. The molecule has 86 valence electrons. The Morgan fingerprint density at radius 2 is 2.25 bits per heavy atom. The number of amides is 1. The lowest BCUT2D eigenvalue weighted by Gasteiger charge is -2.22. The first-order valence-corrected chi connectivity index (χ1v) is 6.12. The minimum absolute atomic E-state index is 0.133. The van der Waals surface area contributed by atoms with E-state index in [9.17, 15) is 4.79 Å². The molecule has 0 unspecified atom stereocenters. The molecule has 0 aromatic heterocycles. The summed E-state index contributed by atoms with van der Waals surface area (Å²) in [4.78, 5) is 13.9. The maximum absolute atomic E-state index is 12.2. The van der Waals surface area contributed by atoms with Crippen molar-refractivity contribution >= 4 is 27.5 Å². The van der Waals surface area contributed by atoms with Gasteiger partial charge in [0.25, 0.3) is 0 Å². The Morgan fingerprint density at radius 3 is 2.75 bits per heavy atom. The van der Waals surface area contributed by atoms with Gasteiger partial charge in [-0.2, -0.15) is 0 Å². The Balaban J connectivity index is 2.19. The molecule has 0 radical (unpaired) electrons. The number of halogens is 1. The topological polar surface area (TPSA) is 46.3 Å². The van der Waals surface area contributed by atoms with E-state index >= 15 is 0 Å². The molecule has 2 rings (SSSR count).